The average molecular weight is 466 g/mol. The first kappa shape index (κ1) is 20.9. The zero-order valence-electron chi connectivity index (χ0n) is 17.1. The third-order valence-corrected chi connectivity index (χ3v) is 7.95. The summed E-state index contributed by atoms with van der Waals surface area (Å²) in [5.41, 5.74) is 0.579. The van der Waals surface area contributed by atoms with Gasteiger partial charge in [0.2, 0.25) is 10.0 Å². The molecule has 1 fully saturated rings. The number of hydrogen-bond donors (Lipinski definition) is 0. The van der Waals surface area contributed by atoms with E-state index in [1.165, 1.54) is 4.31 Å². The van der Waals surface area contributed by atoms with Gasteiger partial charge in [0.15, 0.2) is 0 Å². The Labute approximate surface area is 191 Å². The van der Waals surface area contributed by atoms with Gasteiger partial charge in [0, 0.05) is 54.5 Å². The molecule has 1 aromatic heterocycles. The maximum Gasteiger partial charge on any atom is 0.253 e. The summed E-state index contributed by atoms with van der Waals surface area (Å²) in [4.78, 5) is 19.0. The van der Waals surface area contributed by atoms with Gasteiger partial charge in [-0.2, -0.15) is 4.31 Å². The second-order valence-electron chi connectivity index (χ2n) is 7.79. The summed E-state index contributed by atoms with van der Waals surface area (Å²) in [5.74, 6) is -0.101. The van der Waals surface area contributed by atoms with Crippen molar-refractivity contribution >= 4 is 49.1 Å². The van der Waals surface area contributed by atoms with E-state index in [9.17, 15) is 13.2 Å². The molecule has 8 heteroatoms. The molecule has 1 amide bonds. The molecule has 1 aliphatic heterocycles. The molecule has 3 aromatic carbocycles. The van der Waals surface area contributed by atoms with Crippen LogP contribution in [-0.4, -0.2) is 54.7 Å². The van der Waals surface area contributed by atoms with Crippen molar-refractivity contribution in [3.8, 4) is 0 Å². The molecule has 0 N–H and O–H groups in total. The predicted molar refractivity (Wildman–Crippen MR) is 125 cm³/mol. The number of carbonyl (C=O) groups is 1. The molecule has 0 saturated carbocycles. The van der Waals surface area contributed by atoms with Gasteiger partial charge in [-0.15, -0.1) is 0 Å². The first-order valence-electron chi connectivity index (χ1n) is 10.2. The number of sulfonamides is 1. The summed E-state index contributed by atoms with van der Waals surface area (Å²) in [6, 6.07) is 17.8. The molecule has 0 bridgehead atoms. The lowest BCUT2D eigenvalue weighted by Crippen LogP contribution is -2.50. The third kappa shape index (κ3) is 3.83. The highest BCUT2D eigenvalue weighted by Crippen LogP contribution is 2.25. The molecule has 0 spiro atoms. The number of amides is 1. The van der Waals surface area contributed by atoms with Gasteiger partial charge >= 0.3 is 0 Å². The minimum Gasteiger partial charge on any atom is -0.336 e. The summed E-state index contributed by atoms with van der Waals surface area (Å²) in [6.07, 6.45) is 3.45. The van der Waals surface area contributed by atoms with E-state index in [0.29, 0.717) is 23.7 Å². The van der Waals surface area contributed by atoms with E-state index < -0.39 is 10.0 Å². The van der Waals surface area contributed by atoms with Crippen molar-refractivity contribution in [3.05, 3.63) is 83.6 Å². The SMILES string of the molecule is O=C(c1ccc2ccncc2c1)N1CCN(S(=O)(=O)c2ccc3cc(Cl)ccc3c2)CC1. The van der Waals surface area contributed by atoms with Crippen molar-refractivity contribution < 1.29 is 13.2 Å². The number of carbonyl (C=O) groups excluding carboxylic acids is 1. The lowest BCUT2D eigenvalue weighted by molar-refractivity contribution is 0.0698. The summed E-state index contributed by atoms with van der Waals surface area (Å²) >= 11 is 6.02. The Balaban J connectivity index is 1.32. The van der Waals surface area contributed by atoms with E-state index in [1.807, 2.05) is 24.3 Å². The molecule has 1 saturated heterocycles. The Morgan fingerprint density at radius 2 is 1.53 bits per heavy atom. The van der Waals surface area contributed by atoms with Gasteiger partial charge in [-0.25, -0.2) is 8.42 Å². The fraction of sp³-hybridized carbons (Fsp3) is 0.167. The van der Waals surface area contributed by atoms with E-state index in [2.05, 4.69) is 4.98 Å². The standard InChI is InChI=1S/C24H20ClN3O3S/c25-22-5-3-19-15-23(6-4-18(19)14-22)32(30,31)28-11-9-27(10-12-28)24(29)20-2-1-17-7-8-26-16-21(17)13-20/h1-8,13-16H,9-12H2. The van der Waals surface area contributed by atoms with Gasteiger partial charge in [0.1, 0.15) is 0 Å². The molecular formula is C24H20ClN3O3S. The Bertz CT molecular complexity index is 1450. The highest BCUT2D eigenvalue weighted by molar-refractivity contribution is 7.89. The minimum absolute atomic E-state index is 0.101. The molecular weight excluding hydrogens is 446 g/mol. The van der Waals surface area contributed by atoms with Crippen molar-refractivity contribution in [2.75, 3.05) is 26.2 Å². The number of piperazine rings is 1. The van der Waals surface area contributed by atoms with E-state index >= 15 is 0 Å². The second kappa shape index (κ2) is 8.16. The highest BCUT2D eigenvalue weighted by atomic mass is 35.5. The fourth-order valence-electron chi connectivity index (χ4n) is 4.04. The predicted octanol–water partition coefficient (Wildman–Crippen LogP) is 4.19. The molecule has 6 nitrogen and oxygen atoms in total. The Morgan fingerprint density at radius 3 is 2.34 bits per heavy atom. The van der Waals surface area contributed by atoms with E-state index in [1.54, 1.807) is 53.7 Å². The molecule has 1 aliphatic rings. The number of aromatic nitrogens is 1. The number of fused-ring (bicyclic) bond motifs is 2. The van der Waals surface area contributed by atoms with Crippen molar-refractivity contribution in [2.45, 2.75) is 4.90 Å². The van der Waals surface area contributed by atoms with Crippen LogP contribution in [0, 0.1) is 0 Å². The topological polar surface area (TPSA) is 70.6 Å². The van der Waals surface area contributed by atoms with Crippen LogP contribution < -0.4 is 0 Å². The van der Waals surface area contributed by atoms with Crippen molar-refractivity contribution in [2.24, 2.45) is 0 Å². The van der Waals surface area contributed by atoms with E-state index in [-0.39, 0.29) is 23.9 Å². The van der Waals surface area contributed by atoms with Gasteiger partial charge in [-0.3, -0.25) is 9.78 Å². The van der Waals surface area contributed by atoms with Gasteiger partial charge in [-0.1, -0.05) is 29.8 Å². The molecule has 0 atom stereocenters. The summed E-state index contributed by atoms with van der Waals surface area (Å²) in [6.45, 7) is 1.18. The number of hydrogen-bond acceptors (Lipinski definition) is 4. The Kier molecular flexibility index (Phi) is 5.33. The highest BCUT2D eigenvalue weighted by Gasteiger charge is 2.30. The minimum atomic E-state index is -3.65. The lowest BCUT2D eigenvalue weighted by atomic mass is 10.1. The third-order valence-electron chi connectivity index (χ3n) is 5.82. The molecule has 5 rings (SSSR count). The molecule has 32 heavy (non-hydrogen) atoms. The smallest absolute Gasteiger partial charge is 0.253 e. The lowest BCUT2D eigenvalue weighted by Gasteiger charge is -2.34. The number of benzene rings is 3. The summed E-state index contributed by atoms with van der Waals surface area (Å²) < 4.78 is 27.8. The van der Waals surface area contributed by atoms with Crippen molar-refractivity contribution in [1.29, 1.82) is 0 Å². The van der Waals surface area contributed by atoms with Crippen LogP contribution in [0.2, 0.25) is 5.02 Å². The van der Waals surface area contributed by atoms with Crippen molar-refractivity contribution in [1.82, 2.24) is 14.2 Å². The number of rotatable bonds is 3. The molecule has 2 heterocycles. The maximum atomic E-state index is 13.2. The monoisotopic (exact) mass is 465 g/mol. The van der Waals surface area contributed by atoms with Gasteiger partial charge < -0.3 is 4.90 Å². The summed E-state index contributed by atoms with van der Waals surface area (Å²) in [7, 11) is -3.65. The first-order chi connectivity index (χ1) is 15.4. The Morgan fingerprint density at radius 1 is 0.812 bits per heavy atom. The quantitative estimate of drug-likeness (QED) is 0.455. The average Bonchev–Trinajstić information content (AvgIpc) is 2.83. The van der Waals surface area contributed by atoms with Gasteiger partial charge in [0.05, 0.1) is 4.90 Å². The van der Waals surface area contributed by atoms with Crippen LogP contribution in [0.4, 0.5) is 0 Å². The van der Waals surface area contributed by atoms with Crippen LogP contribution in [0.5, 0.6) is 0 Å². The molecule has 4 aromatic rings. The fourth-order valence-corrected chi connectivity index (χ4v) is 5.67. The van der Waals surface area contributed by atoms with Crippen molar-refractivity contribution in [3.63, 3.8) is 0 Å². The number of halogens is 1. The zero-order valence-corrected chi connectivity index (χ0v) is 18.7. The Hall–Kier alpha value is -3.00. The number of pyridine rings is 1. The van der Waals surface area contributed by atoms with Crippen LogP contribution in [-0.2, 0) is 10.0 Å². The second-order valence-corrected chi connectivity index (χ2v) is 10.2. The van der Waals surface area contributed by atoms with Crippen LogP contribution in [0.15, 0.2) is 78.0 Å². The van der Waals surface area contributed by atoms with E-state index in [4.69, 9.17) is 11.6 Å². The largest absolute Gasteiger partial charge is 0.336 e. The molecule has 162 valence electrons. The van der Waals surface area contributed by atoms with E-state index in [0.717, 1.165) is 21.5 Å². The zero-order chi connectivity index (χ0) is 22.3. The van der Waals surface area contributed by atoms with Gasteiger partial charge in [0.25, 0.3) is 5.91 Å². The maximum absolute atomic E-state index is 13.2. The summed E-state index contributed by atoms with van der Waals surface area (Å²) in [5, 5.41) is 4.23. The molecule has 0 radical (unpaired) electrons. The first-order valence-corrected chi connectivity index (χ1v) is 12.1. The van der Waals surface area contributed by atoms with Gasteiger partial charge in [-0.05, 0) is 58.6 Å². The molecule has 0 aliphatic carbocycles. The van der Waals surface area contributed by atoms with Crippen LogP contribution in [0.25, 0.3) is 21.5 Å². The molecule has 0 unspecified atom stereocenters. The van der Waals surface area contributed by atoms with Crippen LogP contribution in [0.1, 0.15) is 10.4 Å². The van der Waals surface area contributed by atoms with Crippen LogP contribution in [0.3, 0.4) is 0 Å². The normalized spacial score (nSPS) is 15.3. The van der Waals surface area contributed by atoms with Crippen LogP contribution >= 0.6 is 11.6 Å². The number of nitrogens with zero attached hydrogens (tertiary/aromatic N) is 3.